The Balaban J connectivity index is 2.05. The fourth-order valence-corrected chi connectivity index (χ4v) is 2.31. The fraction of sp³-hybridized carbons (Fsp3) is 0.500. The second-order valence-corrected chi connectivity index (χ2v) is 4.31. The Bertz CT molecular complexity index is 368. The highest BCUT2D eigenvalue weighted by Gasteiger charge is 2.25. The van der Waals surface area contributed by atoms with Gasteiger partial charge in [-0.05, 0) is 37.4 Å². The maximum atomic E-state index is 13.0. The molecule has 1 aromatic rings. The molecule has 0 aliphatic heterocycles. The molecule has 4 heteroatoms. The van der Waals surface area contributed by atoms with Gasteiger partial charge in [-0.25, -0.2) is 8.78 Å². The van der Waals surface area contributed by atoms with Gasteiger partial charge in [-0.15, -0.1) is 0 Å². The van der Waals surface area contributed by atoms with Crippen molar-refractivity contribution in [1.82, 2.24) is 0 Å². The van der Waals surface area contributed by atoms with E-state index in [1.54, 1.807) is 6.07 Å². The molecule has 1 aliphatic rings. The number of nitrogens with two attached hydrogens (primary N) is 1. The van der Waals surface area contributed by atoms with Crippen molar-refractivity contribution < 1.29 is 8.78 Å². The lowest BCUT2D eigenvalue weighted by atomic mass is 10.0. The number of rotatable bonds is 3. The lowest BCUT2D eigenvalue weighted by Gasteiger charge is -2.20. The van der Waals surface area contributed by atoms with Gasteiger partial charge in [-0.1, -0.05) is 6.42 Å². The van der Waals surface area contributed by atoms with Crippen molar-refractivity contribution in [3.8, 4) is 0 Å². The highest BCUT2D eigenvalue weighted by molar-refractivity contribution is 5.44. The zero-order chi connectivity index (χ0) is 11.5. The summed E-state index contributed by atoms with van der Waals surface area (Å²) in [5, 5.41) is 3.22. The highest BCUT2D eigenvalue weighted by atomic mass is 19.2. The Morgan fingerprint density at radius 1 is 1.25 bits per heavy atom. The molecule has 1 saturated carbocycles. The van der Waals surface area contributed by atoms with Crippen LogP contribution in [0.5, 0.6) is 0 Å². The van der Waals surface area contributed by atoms with E-state index in [1.165, 1.54) is 6.07 Å². The van der Waals surface area contributed by atoms with E-state index in [9.17, 15) is 8.78 Å². The summed E-state index contributed by atoms with van der Waals surface area (Å²) < 4.78 is 25.7. The fourth-order valence-electron chi connectivity index (χ4n) is 2.31. The lowest BCUT2D eigenvalue weighted by molar-refractivity contribution is 0.504. The number of halogens is 2. The molecular weight excluding hydrogens is 210 g/mol. The molecule has 0 bridgehead atoms. The summed E-state index contributed by atoms with van der Waals surface area (Å²) in [7, 11) is 0. The Morgan fingerprint density at radius 3 is 2.75 bits per heavy atom. The molecule has 2 unspecified atom stereocenters. The number of hydrogen-bond donors (Lipinski definition) is 2. The normalized spacial score (nSPS) is 24.7. The molecule has 0 spiro atoms. The number of nitrogens with one attached hydrogen (secondary N) is 1. The maximum absolute atomic E-state index is 13.0. The van der Waals surface area contributed by atoms with Crippen molar-refractivity contribution in [2.45, 2.75) is 25.3 Å². The molecule has 0 amide bonds. The molecule has 1 fully saturated rings. The molecule has 2 rings (SSSR count). The van der Waals surface area contributed by atoms with Crippen molar-refractivity contribution in [2.24, 2.45) is 11.7 Å². The minimum Gasteiger partial charge on any atom is -0.382 e. The van der Waals surface area contributed by atoms with Gasteiger partial charge >= 0.3 is 0 Å². The zero-order valence-electron chi connectivity index (χ0n) is 9.05. The first-order chi connectivity index (χ1) is 7.70. The molecule has 2 atom stereocenters. The van der Waals surface area contributed by atoms with Gasteiger partial charge in [0, 0.05) is 17.8 Å². The Morgan fingerprint density at radius 2 is 2.06 bits per heavy atom. The van der Waals surface area contributed by atoms with Gasteiger partial charge in [0.2, 0.25) is 0 Å². The smallest absolute Gasteiger partial charge is 0.160 e. The van der Waals surface area contributed by atoms with Crippen LogP contribution in [-0.4, -0.2) is 12.6 Å². The molecular formula is C12H16F2N2. The number of anilines is 1. The third-order valence-corrected chi connectivity index (χ3v) is 3.23. The molecule has 0 radical (unpaired) electrons. The van der Waals surface area contributed by atoms with E-state index in [4.69, 9.17) is 5.73 Å². The largest absolute Gasteiger partial charge is 0.382 e. The highest BCUT2D eigenvalue weighted by Crippen LogP contribution is 2.28. The number of hydrogen-bond acceptors (Lipinski definition) is 2. The summed E-state index contributed by atoms with van der Waals surface area (Å²) in [4.78, 5) is 0. The van der Waals surface area contributed by atoms with Crippen LogP contribution in [0.15, 0.2) is 18.2 Å². The van der Waals surface area contributed by atoms with Gasteiger partial charge < -0.3 is 11.1 Å². The van der Waals surface area contributed by atoms with Crippen LogP contribution >= 0.6 is 0 Å². The second kappa shape index (κ2) is 4.78. The molecule has 2 nitrogen and oxygen atoms in total. The van der Waals surface area contributed by atoms with Crippen LogP contribution in [0.2, 0.25) is 0 Å². The Hall–Kier alpha value is -1.16. The van der Waals surface area contributed by atoms with Gasteiger partial charge in [0.1, 0.15) is 0 Å². The van der Waals surface area contributed by atoms with Crippen molar-refractivity contribution in [2.75, 3.05) is 11.9 Å². The monoisotopic (exact) mass is 226 g/mol. The summed E-state index contributed by atoms with van der Waals surface area (Å²) in [6, 6.07) is 4.19. The number of benzene rings is 1. The molecule has 16 heavy (non-hydrogen) atoms. The van der Waals surface area contributed by atoms with Gasteiger partial charge in [0.15, 0.2) is 11.6 Å². The first-order valence-electron chi connectivity index (χ1n) is 5.62. The van der Waals surface area contributed by atoms with E-state index in [-0.39, 0.29) is 6.04 Å². The summed E-state index contributed by atoms with van der Waals surface area (Å²) in [5.41, 5.74) is 6.29. The summed E-state index contributed by atoms with van der Waals surface area (Å²) in [6.45, 7) is 0.640. The molecule has 1 aromatic carbocycles. The van der Waals surface area contributed by atoms with Gasteiger partial charge in [-0.3, -0.25) is 0 Å². The van der Waals surface area contributed by atoms with Crippen LogP contribution in [0.4, 0.5) is 14.5 Å². The third kappa shape index (κ3) is 2.32. The average Bonchev–Trinajstić information content (AvgIpc) is 2.71. The first kappa shape index (κ1) is 11.3. The summed E-state index contributed by atoms with van der Waals surface area (Å²) in [5.74, 6) is -1.19. The third-order valence-electron chi connectivity index (χ3n) is 3.23. The Kier molecular flexibility index (Phi) is 3.39. The predicted molar refractivity (Wildman–Crippen MR) is 60.2 cm³/mol. The standard InChI is InChI=1S/C12H16F2N2/c13-10-5-4-9(6-11(10)14)16-12-3-1-2-8(12)7-15/h4-6,8,12,16H,1-3,7,15H2. The van der Waals surface area contributed by atoms with Crippen molar-refractivity contribution in [3.05, 3.63) is 29.8 Å². The maximum Gasteiger partial charge on any atom is 0.160 e. The van der Waals surface area contributed by atoms with Gasteiger partial charge in [0.25, 0.3) is 0 Å². The van der Waals surface area contributed by atoms with Crippen LogP contribution in [0, 0.1) is 17.6 Å². The summed E-state index contributed by atoms with van der Waals surface area (Å²) >= 11 is 0. The quantitative estimate of drug-likeness (QED) is 0.831. The average molecular weight is 226 g/mol. The van der Waals surface area contributed by atoms with E-state index in [1.807, 2.05) is 0 Å². The van der Waals surface area contributed by atoms with Crippen LogP contribution in [0.1, 0.15) is 19.3 Å². The van der Waals surface area contributed by atoms with Crippen LogP contribution in [0.3, 0.4) is 0 Å². The van der Waals surface area contributed by atoms with E-state index in [2.05, 4.69) is 5.32 Å². The van der Waals surface area contributed by atoms with Gasteiger partial charge in [-0.2, -0.15) is 0 Å². The van der Waals surface area contributed by atoms with Crippen molar-refractivity contribution >= 4 is 5.69 Å². The topological polar surface area (TPSA) is 38.0 Å². The van der Waals surface area contributed by atoms with E-state index >= 15 is 0 Å². The molecule has 0 aromatic heterocycles. The lowest BCUT2D eigenvalue weighted by Crippen LogP contribution is -2.29. The van der Waals surface area contributed by atoms with Crippen molar-refractivity contribution in [1.29, 1.82) is 0 Å². The minimum atomic E-state index is -0.813. The SMILES string of the molecule is NCC1CCCC1Nc1ccc(F)c(F)c1. The molecule has 0 heterocycles. The molecule has 3 N–H and O–H groups in total. The Labute approximate surface area is 93.8 Å². The van der Waals surface area contributed by atoms with Gasteiger partial charge in [0.05, 0.1) is 0 Å². The minimum absolute atomic E-state index is 0.287. The first-order valence-corrected chi connectivity index (χ1v) is 5.62. The molecule has 88 valence electrons. The van der Waals surface area contributed by atoms with Crippen LogP contribution in [0.25, 0.3) is 0 Å². The zero-order valence-corrected chi connectivity index (χ0v) is 9.05. The van der Waals surface area contributed by atoms with E-state index in [0.29, 0.717) is 18.2 Å². The van der Waals surface area contributed by atoms with Crippen LogP contribution < -0.4 is 11.1 Å². The second-order valence-electron chi connectivity index (χ2n) is 4.31. The van der Waals surface area contributed by atoms with Crippen molar-refractivity contribution in [3.63, 3.8) is 0 Å². The van der Waals surface area contributed by atoms with E-state index in [0.717, 1.165) is 25.3 Å². The molecule has 0 saturated heterocycles. The molecule has 1 aliphatic carbocycles. The van der Waals surface area contributed by atoms with Crippen LogP contribution in [-0.2, 0) is 0 Å². The summed E-state index contributed by atoms with van der Waals surface area (Å²) in [6.07, 6.45) is 3.29. The predicted octanol–water partition coefficient (Wildman–Crippen LogP) is 2.50. The van der Waals surface area contributed by atoms with E-state index < -0.39 is 11.6 Å².